The SMILES string of the molecule is c1ccc(-c2cccc(-c3oc4c5c(cc6ccccc64)-c4ccccc4-c4ccccc4-c35)c2)cc1.c1ccc(-c2nc3ccccc3nc2-c2oc3cccc4c3c2-c2ccccc2-c2ccccc2-4)cc1.c1ccc(-c2oc3c4c(cc5ccccc53)-c3ccccc3-c3ccccc3-c24)cc1.c1ccc(-c2oc3c4c(cc5ccccc53)-c3ccccc3-c3ccccc3-c24)nc1. The zero-order chi connectivity index (χ0) is 89.4. The predicted octanol–water partition coefficient (Wildman–Crippen LogP) is 35.8. The normalized spacial score (nSPS) is 11.8. The number of hydrogen-bond acceptors (Lipinski definition) is 7. The van der Waals surface area contributed by atoms with Gasteiger partial charge in [0.05, 0.1) is 11.0 Å². The summed E-state index contributed by atoms with van der Waals surface area (Å²) in [6.07, 6.45) is 1.83. The van der Waals surface area contributed by atoms with Crippen LogP contribution in [-0.4, -0.2) is 15.0 Å². The van der Waals surface area contributed by atoms with E-state index in [0.29, 0.717) is 0 Å². The lowest BCUT2D eigenvalue weighted by Gasteiger charge is -2.13. The fourth-order valence-corrected chi connectivity index (χ4v) is 21.7. The maximum Gasteiger partial charge on any atom is 0.163 e. The molecule has 0 N–H and O–H groups in total. The van der Waals surface area contributed by atoms with Gasteiger partial charge in [-0.3, -0.25) is 4.98 Å². The van der Waals surface area contributed by atoms with E-state index in [1.165, 1.54) is 155 Å². The summed E-state index contributed by atoms with van der Waals surface area (Å²) in [4.78, 5) is 14.9. The Morgan fingerprint density at radius 3 is 0.904 bits per heavy atom. The zero-order valence-electron chi connectivity index (χ0n) is 73.4. The van der Waals surface area contributed by atoms with Crippen molar-refractivity contribution in [3.63, 3.8) is 0 Å². The summed E-state index contributed by atoms with van der Waals surface area (Å²) in [5, 5.41) is 11.7. The van der Waals surface area contributed by atoms with Crippen LogP contribution in [-0.2, 0) is 0 Å². The van der Waals surface area contributed by atoms with Crippen LogP contribution in [0.3, 0.4) is 0 Å². The van der Waals surface area contributed by atoms with Crippen molar-refractivity contribution in [1.82, 2.24) is 15.0 Å². The van der Waals surface area contributed by atoms with Gasteiger partial charge in [-0.2, -0.15) is 0 Å². The Labute approximate surface area is 783 Å². The van der Waals surface area contributed by atoms with Gasteiger partial charge in [-0.1, -0.05) is 406 Å². The van der Waals surface area contributed by atoms with Crippen LogP contribution in [0.2, 0.25) is 0 Å². The molecule has 7 heteroatoms. The molecule has 0 amide bonds. The van der Waals surface area contributed by atoms with E-state index < -0.39 is 0 Å². The number of hydrogen-bond donors (Lipinski definition) is 0. The van der Waals surface area contributed by atoms with Gasteiger partial charge >= 0.3 is 0 Å². The highest BCUT2D eigenvalue weighted by Crippen LogP contribution is 2.60. The summed E-state index contributed by atoms with van der Waals surface area (Å²) in [7, 11) is 0. The van der Waals surface area contributed by atoms with Gasteiger partial charge < -0.3 is 17.7 Å². The third kappa shape index (κ3) is 12.5. The number of pyridine rings is 1. The molecule has 0 atom stereocenters. The first-order valence-corrected chi connectivity index (χ1v) is 46.3. The summed E-state index contributed by atoms with van der Waals surface area (Å²) >= 11 is 0. The average Bonchev–Trinajstić information content (AvgIpc) is 1.57. The smallest absolute Gasteiger partial charge is 0.163 e. The van der Waals surface area contributed by atoms with Gasteiger partial charge in [-0.05, 0) is 193 Å². The molecule has 136 heavy (non-hydrogen) atoms. The fourth-order valence-electron chi connectivity index (χ4n) is 21.7. The minimum atomic E-state index is 0.750. The molecule has 632 valence electrons. The van der Waals surface area contributed by atoms with Crippen LogP contribution < -0.4 is 0 Å². The van der Waals surface area contributed by atoms with Gasteiger partial charge in [-0.15, -0.1) is 0 Å². The largest absolute Gasteiger partial charge is 0.455 e. The van der Waals surface area contributed by atoms with E-state index in [1.54, 1.807) is 0 Å². The number of rotatable bonds is 6. The highest BCUT2D eigenvalue weighted by molar-refractivity contribution is 6.27. The summed E-state index contributed by atoms with van der Waals surface area (Å²) in [5.74, 6) is 3.44. The van der Waals surface area contributed by atoms with E-state index in [4.69, 9.17) is 27.6 Å². The van der Waals surface area contributed by atoms with E-state index in [1.807, 2.05) is 66.9 Å². The third-order valence-electron chi connectivity index (χ3n) is 27.6. The van der Waals surface area contributed by atoms with Crippen LogP contribution in [0.15, 0.2) is 485 Å². The molecule has 20 aromatic carbocycles. The number of aromatic nitrogens is 3. The van der Waals surface area contributed by atoms with Crippen molar-refractivity contribution in [2.45, 2.75) is 0 Å². The van der Waals surface area contributed by atoms with Crippen molar-refractivity contribution in [2.75, 3.05) is 0 Å². The Morgan fingerprint density at radius 2 is 0.471 bits per heavy atom. The quantitative estimate of drug-likeness (QED) is 0.164. The first-order chi connectivity index (χ1) is 67.5. The Kier molecular flexibility index (Phi) is 18.2. The lowest BCUT2D eigenvalue weighted by molar-refractivity contribution is 0.630. The zero-order valence-corrected chi connectivity index (χ0v) is 73.4. The minimum absolute atomic E-state index is 0.750. The third-order valence-corrected chi connectivity index (χ3v) is 27.6. The van der Waals surface area contributed by atoms with E-state index >= 15 is 0 Å². The molecule has 0 saturated carbocycles. The highest BCUT2D eigenvalue weighted by Gasteiger charge is 2.36. The molecule has 6 heterocycles. The Balaban J connectivity index is 0.0000000922. The second kappa shape index (κ2) is 31.9. The van der Waals surface area contributed by atoms with E-state index in [2.05, 4.69) is 405 Å². The van der Waals surface area contributed by atoms with Gasteiger partial charge in [0.25, 0.3) is 0 Å². The molecule has 0 aliphatic heterocycles. The van der Waals surface area contributed by atoms with Crippen LogP contribution in [0.4, 0.5) is 0 Å². The Bertz CT molecular complexity index is 9120. The molecule has 26 aromatic rings. The first kappa shape index (κ1) is 77.7. The van der Waals surface area contributed by atoms with E-state index in [-0.39, 0.29) is 0 Å². The van der Waals surface area contributed by atoms with Gasteiger partial charge in [0.1, 0.15) is 50.9 Å². The van der Waals surface area contributed by atoms with Crippen molar-refractivity contribution < 1.29 is 17.7 Å². The molecule has 0 unspecified atom stereocenters. The Hall–Kier alpha value is -18.2. The van der Waals surface area contributed by atoms with Crippen molar-refractivity contribution in [2.24, 2.45) is 0 Å². The van der Waals surface area contributed by atoms with Crippen molar-refractivity contribution >= 4 is 87.2 Å². The van der Waals surface area contributed by atoms with Gasteiger partial charge in [0.15, 0.2) is 11.5 Å². The van der Waals surface area contributed by atoms with Crippen LogP contribution in [0.1, 0.15) is 0 Å². The van der Waals surface area contributed by atoms with Crippen molar-refractivity contribution in [3.8, 4) is 201 Å². The number of para-hydroxylation sites is 2. The number of fused-ring (bicyclic) bond motifs is 27. The number of benzene rings is 20. The second-order valence-corrected chi connectivity index (χ2v) is 35.1. The van der Waals surface area contributed by atoms with E-state index in [9.17, 15) is 0 Å². The predicted molar refractivity (Wildman–Crippen MR) is 560 cm³/mol. The number of nitrogens with zero attached hydrogens (tertiary/aromatic N) is 3. The van der Waals surface area contributed by atoms with Crippen LogP contribution in [0.5, 0.6) is 0 Å². The molecular weight excluding hydrogens is 1660 g/mol. The lowest BCUT2D eigenvalue weighted by atomic mass is 9.92. The minimum Gasteiger partial charge on any atom is -0.455 e. The maximum atomic E-state index is 6.93. The average molecular weight is 1730 g/mol. The van der Waals surface area contributed by atoms with Gasteiger partial charge in [0.2, 0.25) is 0 Å². The fraction of sp³-hybridized carbons (Fsp3) is 0. The molecule has 30 rings (SSSR count). The summed E-state index contributed by atoms with van der Waals surface area (Å²) in [6, 6.07) is 162. The molecule has 0 saturated heterocycles. The molecule has 6 aromatic heterocycles. The number of furan rings is 4. The van der Waals surface area contributed by atoms with Gasteiger partial charge in [0, 0.05) is 82.8 Å². The summed E-state index contributed by atoms with van der Waals surface area (Å²) < 4.78 is 27.1. The molecule has 0 radical (unpaired) electrons. The molecule has 0 bridgehead atoms. The maximum absolute atomic E-state index is 6.93. The van der Waals surface area contributed by atoms with Crippen LogP contribution >= 0.6 is 0 Å². The van der Waals surface area contributed by atoms with Crippen molar-refractivity contribution in [3.05, 3.63) is 467 Å². The molecule has 7 nitrogen and oxygen atoms in total. The van der Waals surface area contributed by atoms with Crippen molar-refractivity contribution in [1.29, 1.82) is 0 Å². The Morgan fingerprint density at radius 1 is 0.169 bits per heavy atom. The van der Waals surface area contributed by atoms with Crippen LogP contribution in [0.25, 0.3) is 289 Å². The standard InChI is InChI=1S/C36H22O.C34H20N2O.C30H18O.C29H17NO/c1-2-11-23(12-3-1)24-14-10-15-26(21-24)35-33-31-20-9-8-18-29(31)28-17-6-7-19-30(28)32-22-25-13-4-5-16-27(25)36(37-35)34(32)33;1-2-11-21(12-3-1)32-33(36-28-19-9-8-18-27(28)35-32)34-31-26-16-7-6-15-24(26)22-13-4-5-14-23(22)25-17-10-20-29(37-34)30(25)31;1-2-10-19(11-3-1)29-27-25-17-9-8-15-23(25)22-14-6-7-16-24(22)26-18-20-12-4-5-13-21(20)30(31-29)28(26)27;1-2-10-19-18(9-1)17-24-22-13-4-3-11-20(22)21-12-5-6-14-23(21)26-27(24)28(19)31-29(26)25-15-7-8-16-30-25/h1-22H;1-20H;1-18H;1-17H. The highest BCUT2D eigenvalue weighted by atomic mass is 16.3. The molecule has 4 aliphatic carbocycles. The first-order valence-electron chi connectivity index (χ1n) is 46.3. The second-order valence-electron chi connectivity index (χ2n) is 35.1. The summed E-state index contributed by atoms with van der Waals surface area (Å²) in [6.45, 7) is 0. The topological polar surface area (TPSA) is 91.2 Å². The van der Waals surface area contributed by atoms with E-state index in [0.717, 1.165) is 134 Å². The molecule has 0 fully saturated rings. The molecule has 4 aliphatic rings. The summed E-state index contributed by atoms with van der Waals surface area (Å²) in [5.41, 5.74) is 42.4. The van der Waals surface area contributed by atoms with Crippen LogP contribution in [0, 0.1) is 0 Å². The monoisotopic (exact) mass is 1730 g/mol. The molecule has 0 spiro atoms. The van der Waals surface area contributed by atoms with Gasteiger partial charge in [-0.25, -0.2) is 9.97 Å². The lowest BCUT2D eigenvalue weighted by Crippen LogP contribution is -1.96. The molecular formula is C129H77N3O4.